The molecule has 1 aromatic heterocycles. The highest BCUT2D eigenvalue weighted by atomic mass is 16.6. The first kappa shape index (κ1) is 19.8. The molecular weight excluding hydrogens is 404 g/mol. The Labute approximate surface area is 189 Å². The summed E-state index contributed by atoms with van der Waals surface area (Å²) in [6.45, 7) is 6.87. The summed E-state index contributed by atoms with van der Waals surface area (Å²) in [5, 5.41) is 0. The molecule has 3 saturated heterocycles. The van der Waals surface area contributed by atoms with Crippen molar-refractivity contribution >= 4 is 5.97 Å². The van der Waals surface area contributed by atoms with Gasteiger partial charge in [0.15, 0.2) is 0 Å². The van der Waals surface area contributed by atoms with Gasteiger partial charge >= 0.3 is 5.97 Å². The normalized spacial score (nSPS) is 46.8. The van der Waals surface area contributed by atoms with E-state index in [2.05, 4.69) is 17.9 Å². The van der Waals surface area contributed by atoms with E-state index < -0.39 is 0 Å². The van der Waals surface area contributed by atoms with Crippen LogP contribution in [-0.4, -0.2) is 53.4 Å². The molecule has 172 valence electrons. The molecule has 6 heteroatoms. The maximum atomic E-state index is 13.1. The topological polar surface area (TPSA) is 64.1 Å². The first-order valence-electron chi connectivity index (χ1n) is 12.7. The van der Waals surface area contributed by atoms with Gasteiger partial charge in [0.2, 0.25) is 0 Å². The molecule has 1 aromatic rings. The van der Waals surface area contributed by atoms with Gasteiger partial charge in [0.1, 0.15) is 6.10 Å². The lowest BCUT2D eigenvalue weighted by molar-refractivity contribution is -0.147. The molecule has 0 unspecified atom stereocenters. The van der Waals surface area contributed by atoms with Gasteiger partial charge in [0.05, 0.1) is 18.1 Å². The van der Waals surface area contributed by atoms with E-state index in [0.717, 1.165) is 52.0 Å². The van der Waals surface area contributed by atoms with Gasteiger partial charge in [0, 0.05) is 49.8 Å². The fourth-order valence-electron chi connectivity index (χ4n) is 8.59. The third-order valence-electron chi connectivity index (χ3n) is 10.1. The zero-order chi connectivity index (χ0) is 21.7. The number of hydrogen-bond donors (Lipinski definition) is 0. The first-order chi connectivity index (χ1) is 15.4. The number of epoxide rings is 1. The summed E-state index contributed by atoms with van der Waals surface area (Å²) in [7, 11) is 0. The zero-order valence-electron chi connectivity index (χ0n) is 19.0. The Morgan fingerprint density at radius 2 is 2.00 bits per heavy atom. The number of nitrogens with zero attached hydrogens (tertiary/aromatic N) is 2. The Balaban J connectivity index is 1.11. The molecule has 5 fully saturated rings. The maximum Gasteiger partial charge on any atom is 0.310 e. The summed E-state index contributed by atoms with van der Waals surface area (Å²) < 4.78 is 14.1. The van der Waals surface area contributed by atoms with Crippen molar-refractivity contribution in [2.24, 2.45) is 29.1 Å². The van der Waals surface area contributed by atoms with E-state index in [1.807, 2.05) is 10.6 Å². The molecule has 0 radical (unpaired) electrons. The number of piperidine rings is 1. The van der Waals surface area contributed by atoms with Crippen molar-refractivity contribution < 1.29 is 14.3 Å². The minimum Gasteiger partial charge on any atom is -0.462 e. The highest BCUT2D eigenvalue weighted by Crippen LogP contribution is 2.62. The van der Waals surface area contributed by atoms with E-state index in [4.69, 9.17) is 9.47 Å². The number of likely N-dealkylation sites (tertiary alicyclic amines) is 1. The zero-order valence-corrected chi connectivity index (χ0v) is 19.0. The Morgan fingerprint density at radius 3 is 2.84 bits per heavy atom. The summed E-state index contributed by atoms with van der Waals surface area (Å²) in [6, 6.07) is 5.69. The molecule has 2 saturated carbocycles. The summed E-state index contributed by atoms with van der Waals surface area (Å²) >= 11 is 0. The second-order valence-electron chi connectivity index (χ2n) is 12.0. The van der Waals surface area contributed by atoms with E-state index in [1.165, 1.54) is 25.0 Å². The van der Waals surface area contributed by atoms with Gasteiger partial charge in [-0.15, -0.1) is 0 Å². The Bertz CT molecular complexity index is 1020. The minimum atomic E-state index is -0.0148. The number of carbonyl (C=O) groups excluding carboxylic acids is 1. The van der Waals surface area contributed by atoms with Gasteiger partial charge in [-0.2, -0.15) is 0 Å². The average molecular weight is 439 g/mol. The van der Waals surface area contributed by atoms with Crippen molar-refractivity contribution in [1.82, 2.24) is 9.47 Å². The minimum absolute atomic E-state index is 0.0148. The summed E-state index contributed by atoms with van der Waals surface area (Å²) in [5.74, 6) is 1.80. The Kier molecular flexibility index (Phi) is 4.14. The van der Waals surface area contributed by atoms with Crippen molar-refractivity contribution in [1.29, 1.82) is 0 Å². The van der Waals surface area contributed by atoms with Crippen molar-refractivity contribution in [2.45, 2.75) is 69.6 Å². The van der Waals surface area contributed by atoms with Gasteiger partial charge in [-0.05, 0) is 61.8 Å². The molecule has 32 heavy (non-hydrogen) atoms. The molecule has 6 aliphatic rings. The number of ether oxygens (including phenoxy) is 2. The van der Waals surface area contributed by atoms with Crippen molar-refractivity contribution in [3.8, 4) is 0 Å². The van der Waals surface area contributed by atoms with Crippen molar-refractivity contribution in [3.63, 3.8) is 0 Å². The lowest BCUT2D eigenvalue weighted by Crippen LogP contribution is -2.52. The second-order valence-corrected chi connectivity index (χ2v) is 12.0. The standard InChI is InChI=1S/C26H34N2O4/c1-25-6-3-7-26(15-31-26)22(25)9-18-19(24(30)32-21(18)10-25)14-27-11-16-8-17(13-27)20-4-2-5-23(29)28(20)12-16/h2,4-5,16-19,21-22H,3,6-15H2,1H3/t16-,17+,18+,19+,21+,22+,25+,26+/m0/s1. The molecule has 1 spiro atoms. The van der Waals surface area contributed by atoms with Crippen LogP contribution in [0.3, 0.4) is 0 Å². The van der Waals surface area contributed by atoms with Crippen LogP contribution in [0.2, 0.25) is 0 Å². The van der Waals surface area contributed by atoms with Gasteiger partial charge < -0.3 is 18.9 Å². The molecule has 2 aliphatic carbocycles. The fraction of sp³-hybridized carbons (Fsp3) is 0.769. The van der Waals surface area contributed by atoms with Gasteiger partial charge in [-0.1, -0.05) is 13.0 Å². The number of aromatic nitrogens is 1. The molecule has 2 bridgehead atoms. The number of carbonyl (C=O) groups is 1. The summed E-state index contributed by atoms with van der Waals surface area (Å²) in [6.07, 6.45) is 7.00. The number of fused-ring (bicyclic) bond motifs is 7. The molecule has 5 heterocycles. The number of rotatable bonds is 2. The average Bonchev–Trinajstić information content (AvgIpc) is 3.46. The predicted octanol–water partition coefficient (Wildman–Crippen LogP) is 2.79. The molecule has 0 N–H and O–H groups in total. The number of esters is 1. The van der Waals surface area contributed by atoms with Crippen LogP contribution in [-0.2, 0) is 20.8 Å². The quantitative estimate of drug-likeness (QED) is 0.525. The van der Waals surface area contributed by atoms with Crippen molar-refractivity contribution in [2.75, 3.05) is 26.2 Å². The van der Waals surface area contributed by atoms with Crippen LogP contribution < -0.4 is 5.56 Å². The highest BCUT2D eigenvalue weighted by molar-refractivity contribution is 5.75. The molecule has 6 nitrogen and oxygen atoms in total. The first-order valence-corrected chi connectivity index (χ1v) is 12.7. The van der Waals surface area contributed by atoms with E-state index >= 15 is 0 Å². The van der Waals surface area contributed by atoms with E-state index in [1.54, 1.807) is 6.07 Å². The van der Waals surface area contributed by atoms with Gasteiger partial charge in [-0.3, -0.25) is 9.59 Å². The lowest BCUT2D eigenvalue weighted by Gasteiger charge is -2.52. The number of hydrogen-bond acceptors (Lipinski definition) is 5. The maximum absolute atomic E-state index is 13.1. The van der Waals surface area contributed by atoms with E-state index in [9.17, 15) is 9.59 Å². The van der Waals surface area contributed by atoms with Crippen LogP contribution in [0.15, 0.2) is 23.0 Å². The highest BCUT2D eigenvalue weighted by Gasteiger charge is 2.65. The Morgan fingerprint density at radius 1 is 1.12 bits per heavy atom. The summed E-state index contributed by atoms with van der Waals surface area (Å²) in [4.78, 5) is 27.9. The van der Waals surface area contributed by atoms with E-state index in [-0.39, 0.29) is 34.6 Å². The third-order valence-corrected chi connectivity index (χ3v) is 10.1. The molecule has 8 atom stereocenters. The van der Waals surface area contributed by atoms with Crippen LogP contribution in [0.1, 0.15) is 57.1 Å². The van der Waals surface area contributed by atoms with Crippen LogP contribution >= 0.6 is 0 Å². The van der Waals surface area contributed by atoms with Gasteiger partial charge in [0.25, 0.3) is 5.56 Å². The molecule has 0 amide bonds. The van der Waals surface area contributed by atoms with Crippen LogP contribution in [0.25, 0.3) is 0 Å². The predicted molar refractivity (Wildman–Crippen MR) is 118 cm³/mol. The molecule has 0 aromatic carbocycles. The second kappa shape index (κ2) is 6.69. The largest absolute Gasteiger partial charge is 0.462 e. The molecular formula is C26H34N2O4. The summed E-state index contributed by atoms with van der Waals surface area (Å²) in [5.41, 5.74) is 1.66. The third kappa shape index (κ3) is 2.84. The SMILES string of the molecule is C[C@]12CCC[C@@]3(CO3)[C@@H]1C[C@H]1[C@@H](C2)OC(=O)[C@@H]1CN1C[C@@H]2C[C@H](C1)c1cccc(=O)n1C2. The fourth-order valence-corrected chi connectivity index (χ4v) is 8.59. The molecule has 4 aliphatic heterocycles. The van der Waals surface area contributed by atoms with Gasteiger partial charge in [-0.25, -0.2) is 0 Å². The lowest BCUT2D eigenvalue weighted by atomic mass is 9.53. The monoisotopic (exact) mass is 438 g/mol. The van der Waals surface area contributed by atoms with E-state index in [0.29, 0.717) is 23.7 Å². The number of pyridine rings is 1. The Hall–Kier alpha value is -1.66. The van der Waals surface area contributed by atoms with Crippen LogP contribution in [0.4, 0.5) is 0 Å². The van der Waals surface area contributed by atoms with Crippen LogP contribution in [0.5, 0.6) is 0 Å². The molecule has 7 rings (SSSR count). The van der Waals surface area contributed by atoms with Crippen molar-refractivity contribution in [3.05, 3.63) is 34.2 Å². The van der Waals surface area contributed by atoms with Crippen LogP contribution in [0, 0.1) is 29.1 Å². The smallest absolute Gasteiger partial charge is 0.310 e.